The average Bonchev–Trinajstić information content (AvgIpc) is 2.58. The molecule has 0 saturated heterocycles. The number of aryl methyl sites for hydroxylation is 1. The maximum Gasteiger partial charge on any atom is 0.133 e. The summed E-state index contributed by atoms with van der Waals surface area (Å²) < 4.78 is 13.5. The van der Waals surface area contributed by atoms with Crippen LogP contribution in [0.4, 0.5) is 4.39 Å². The highest BCUT2D eigenvalue weighted by atomic mass is 19.1. The Bertz CT molecular complexity index is 435. The Balaban J connectivity index is 2.64. The van der Waals surface area contributed by atoms with Crippen LogP contribution in [0.15, 0.2) is 23.4 Å². The van der Waals surface area contributed by atoms with Crippen molar-refractivity contribution in [2.45, 2.75) is 6.92 Å². The normalized spacial score (nSPS) is 16.1. The van der Waals surface area contributed by atoms with Crippen LogP contribution in [0.1, 0.15) is 16.7 Å². The minimum atomic E-state index is -0.258. The fourth-order valence-electron chi connectivity index (χ4n) is 1.59. The van der Waals surface area contributed by atoms with Gasteiger partial charge in [-0.15, -0.1) is 0 Å². The number of halogens is 1. The molecule has 2 nitrogen and oxygen atoms in total. The zero-order valence-electron chi connectivity index (χ0n) is 8.04. The first-order valence-corrected chi connectivity index (χ1v) is 4.32. The van der Waals surface area contributed by atoms with Gasteiger partial charge in [-0.3, -0.25) is 0 Å². The second-order valence-corrected chi connectivity index (χ2v) is 3.15. The second-order valence-electron chi connectivity index (χ2n) is 3.15. The molecular formula is C11H10FNO. The van der Waals surface area contributed by atoms with E-state index in [4.69, 9.17) is 0 Å². The number of oxime groups is 1. The van der Waals surface area contributed by atoms with Gasteiger partial charge in [-0.25, -0.2) is 4.39 Å². The lowest BCUT2D eigenvalue weighted by Crippen LogP contribution is -2.00. The Kier molecular flexibility index (Phi) is 2.08. The number of rotatable bonds is 1. The topological polar surface area (TPSA) is 21.6 Å². The van der Waals surface area contributed by atoms with Crippen molar-refractivity contribution < 1.29 is 9.23 Å². The van der Waals surface area contributed by atoms with Gasteiger partial charge in [0.05, 0.1) is 0 Å². The lowest BCUT2D eigenvalue weighted by atomic mass is 10.0. The van der Waals surface area contributed by atoms with Crippen molar-refractivity contribution in [2.24, 2.45) is 5.16 Å². The molecule has 3 heteroatoms. The van der Waals surface area contributed by atoms with Crippen LogP contribution in [0, 0.1) is 12.7 Å². The number of fused-ring (bicyclic) bond motifs is 1. The number of hydrogen-bond acceptors (Lipinski definition) is 2. The molecule has 1 aliphatic rings. The molecule has 72 valence electrons. The van der Waals surface area contributed by atoms with Crippen LogP contribution in [-0.4, -0.2) is 12.8 Å². The van der Waals surface area contributed by atoms with Gasteiger partial charge in [0.25, 0.3) is 0 Å². The highest BCUT2D eigenvalue weighted by Gasteiger charge is 2.18. The van der Waals surface area contributed by atoms with Crippen molar-refractivity contribution in [3.63, 3.8) is 0 Å². The number of benzene rings is 1. The maximum atomic E-state index is 13.5. The first-order chi connectivity index (χ1) is 6.74. The van der Waals surface area contributed by atoms with E-state index >= 15 is 0 Å². The van der Waals surface area contributed by atoms with E-state index in [1.165, 1.54) is 13.2 Å². The Morgan fingerprint density at radius 3 is 2.79 bits per heavy atom. The van der Waals surface area contributed by atoms with Gasteiger partial charge >= 0.3 is 0 Å². The summed E-state index contributed by atoms with van der Waals surface area (Å²) >= 11 is 0. The van der Waals surface area contributed by atoms with Crippen LogP contribution >= 0.6 is 0 Å². The van der Waals surface area contributed by atoms with Gasteiger partial charge in [-0.2, -0.15) is 0 Å². The summed E-state index contributed by atoms with van der Waals surface area (Å²) in [5.74, 6) is -0.258. The SMILES string of the molecule is CO/[15N]=C1\C=Cc2c(C)ccc(F)c21. The zero-order valence-corrected chi connectivity index (χ0v) is 8.04. The fourth-order valence-corrected chi connectivity index (χ4v) is 1.59. The number of nitrogens with zero attached hydrogens (tertiary/aromatic N) is 1. The molecule has 1 aliphatic carbocycles. The van der Waals surface area contributed by atoms with Gasteiger partial charge in [-0.05, 0) is 30.2 Å². The Morgan fingerprint density at radius 2 is 2.07 bits per heavy atom. The molecule has 0 saturated carbocycles. The van der Waals surface area contributed by atoms with Crippen molar-refractivity contribution >= 4 is 11.8 Å². The van der Waals surface area contributed by atoms with Gasteiger partial charge in [-0.1, -0.05) is 17.3 Å². The summed E-state index contributed by atoms with van der Waals surface area (Å²) in [7, 11) is 1.45. The van der Waals surface area contributed by atoms with E-state index in [1.54, 1.807) is 12.1 Å². The largest absolute Gasteiger partial charge is 0.399 e. The third-order valence-electron chi connectivity index (χ3n) is 2.27. The zero-order chi connectivity index (χ0) is 10.1. The molecule has 0 spiro atoms. The third-order valence-corrected chi connectivity index (χ3v) is 2.27. The number of allylic oxidation sites excluding steroid dienone is 1. The van der Waals surface area contributed by atoms with E-state index in [2.05, 4.69) is 9.99 Å². The van der Waals surface area contributed by atoms with Gasteiger partial charge in [0.15, 0.2) is 0 Å². The van der Waals surface area contributed by atoms with E-state index in [9.17, 15) is 4.39 Å². The smallest absolute Gasteiger partial charge is 0.133 e. The lowest BCUT2D eigenvalue weighted by molar-refractivity contribution is 0.214. The molecule has 0 radical (unpaired) electrons. The molecule has 0 heterocycles. The maximum absolute atomic E-state index is 13.5. The van der Waals surface area contributed by atoms with Crippen LogP contribution in [0.2, 0.25) is 0 Å². The summed E-state index contributed by atoms with van der Waals surface area (Å²) in [5, 5.41) is 3.76. The predicted octanol–water partition coefficient (Wildman–Crippen LogP) is 2.51. The van der Waals surface area contributed by atoms with Crippen LogP contribution in [-0.2, 0) is 4.84 Å². The first-order valence-electron chi connectivity index (χ1n) is 4.32. The highest BCUT2D eigenvalue weighted by Crippen LogP contribution is 2.26. The van der Waals surface area contributed by atoms with E-state index in [0.29, 0.717) is 11.3 Å². The Labute approximate surface area is 81.7 Å². The van der Waals surface area contributed by atoms with Gasteiger partial charge < -0.3 is 4.84 Å². The molecule has 2 rings (SSSR count). The monoisotopic (exact) mass is 192 g/mol. The van der Waals surface area contributed by atoms with E-state index in [-0.39, 0.29) is 5.82 Å². The predicted molar refractivity (Wildman–Crippen MR) is 53.7 cm³/mol. The Hall–Kier alpha value is -1.64. The molecule has 1 aromatic carbocycles. The molecule has 0 aromatic heterocycles. The molecule has 14 heavy (non-hydrogen) atoms. The summed E-state index contributed by atoms with van der Waals surface area (Å²) in [6, 6.07) is 3.21. The third kappa shape index (κ3) is 1.21. The number of hydrogen-bond donors (Lipinski definition) is 0. The molecular weight excluding hydrogens is 182 g/mol. The van der Waals surface area contributed by atoms with Crippen LogP contribution < -0.4 is 0 Å². The quantitative estimate of drug-likeness (QED) is 0.495. The van der Waals surface area contributed by atoms with Gasteiger partial charge in [0, 0.05) is 5.56 Å². The van der Waals surface area contributed by atoms with E-state index < -0.39 is 0 Å². The first kappa shape index (κ1) is 8.94. The average molecular weight is 192 g/mol. The second kappa shape index (κ2) is 3.25. The summed E-state index contributed by atoms with van der Waals surface area (Å²) in [5.41, 5.74) is 3.01. The van der Waals surface area contributed by atoms with E-state index in [0.717, 1.165) is 11.1 Å². The molecule has 0 amide bonds. The molecule has 0 unspecified atom stereocenters. The van der Waals surface area contributed by atoms with Crippen molar-refractivity contribution in [3.8, 4) is 0 Å². The summed E-state index contributed by atoms with van der Waals surface area (Å²) in [6.45, 7) is 1.94. The van der Waals surface area contributed by atoms with E-state index in [1.807, 2.05) is 13.0 Å². The standard InChI is InChI=1S/C11H10FNO/c1-7-3-5-9(12)11-8(7)4-6-10(11)13-14-2/h3-6H,1-2H3/b13-10+/i13+1. The van der Waals surface area contributed by atoms with Crippen molar-refractivity contribution in [1.82, 2.24) is 0 Å². The van der Waals surface area contributed by atoms with Crippen molar-refractivity contribution in [3.05, 3.63) is 40.7 Å². The Morgan fingerprint density at radius 1 is 1.29 bits per heavy atom. The van der Waals surface area contributed by atoms with Crippen LogP contribution in [0.25, 0.3) is 6.08 Å². The molecule has 0 atom stereocenters. The van der Waals surface area contributed by atoms with Crippen molar-refractivity contribution in [2.75, 3.05) is 7.11 Å². The molecule has 0 bridgehead atoms. The van der Waals surface area contributed by atoms with Gasteiger partial charge in [0.2, 0.25) is 0 Å². The minimum Gasteiger partial charge on any atom is -0.399 e. The summed E-state index contributed by atoms with van der Waals surface area (Å²) in [6.07, 6.45) is 3.61. The lowest BCUT2D eigenvalue weighted by Gasteiger charge is -2.04. The highest BCUT2D eigenvalue weighted by molar-refractivity contribution is 6.17. The fraction of sp³-hybridized carbons (Fsp3) is 0.182. The molecule has 1 aromatic rings. The molecule has 0 aliphatic heterocycles. The van der Waals surface area contributed by atoms with Crippen molar-refractivity contribution in [1.29, 1.82) is 0 Å². The summed E-state index contributed by atoms with van der Waals surface area (Å²) in [4.78, 5) is 4.65. The minimum absolute atomic E-state index is 0.258. The van der Waals surface area contributed by atoms with Gasteiger partial charge in [0.1, 0.15) is 18.6 Å². The molecule has 0 fully saturated rings. The van der Waals surface area contributed by atoms with Crippen LogP contribution in [0.3, 0.4) is 0 Å². The van der Waals surface area contributed by atoms with Crippen LogP contribution in [0.5, 0.6) is 0 Å². The molecule has 0 N–H and O–H groups in total.